The molecule has 1 amide bonds. The number of aryl methyl sites for hydroxylation is 2. The summed E-state index contributed by atoms with van der Waals surface area (Å²) in [5.41, 5.74) is 3.13. The van der Waals surface area contributed by atoms with Gasteiger partial charge < -0.3 is 13.9 Å². The minimum absolute atomic E-state index is 0.0119. The molecule has 0 saturated heterocycles. The number of carbonyl (C=O) groups is 1. The van der Waals surface area contributed by atoms with Gasteiger partial charge in [0.15, 0.2) is 0 Å². The van der Waals surface area contributed by atoms with Crippen molar-refractivity contribution in [2.24, 2.45) is 0 Å². The van der Waals surface area contributed by atoms with E-state index in [1.54, 1.807) is 22.5 Å². The van der Waals surface area contributed by atoms with Crippen LogP contribution in [0.4, 0.5) is 0 Å². The lowest BCUT2D eigenvalue weighted by molar-refractivity contribution is 0.0765. The number of fused-ring (bicyclic) bond motifs is 1. The third-order valence-corrected chi connectivity index (χ3v) is 5.38. The second-order valence-electron chi connectivity index (χ2n) is 6.33. The molecule has 5 heteroatoms. The predicted molar refractivity (Wildman–Crippen MR) is 104 cm³/mol. The van der Waals surface area contributed by atoms with Crippen LogP contribution >= 0.6 is 11.3 Å². The molecule has 0 unspecified atom stereocenters. The lowest BCUT2D eigenvalue weighted by Crippen LogP contribution is -2.28. The average Bonchev–Trinajstić information content (AvgIpc) is 3.38. The molecule has 0 aliphatic heterocycles. The second kappa shape index (κ2) is 7.22. The largest absolute Gasteiger partial charge is 0.467 e. The standard InChI is InChI=1S/C21H20N2O2S/c1-22(15-17-8-5-12-25-17)21(24)19-14-20-18(10-13-26-20)23(19)11-9-16-6-3-2-4-7-16/h2-8,10,12-14H,9,11,15H2,1H3. The van der Waals surface area contributed by atoms with Crippen molar-refractivity contribution in [3.05, 3.63) is 83.3 Å². The molecule has 0 N–H and O–H groups in total. The summed E-state index contributed by atoms with van der Waals surface area (Å²) in [6.07, 6.45) is 2.52. The summed E-state index contributed by atoms with van der Waals surface area (Å²) in [5, 5.41) is 2.07. The minimum Gasteiger partial charge on any atom is -0.467 e. The first kappa shape index (κ1) is 16.7. The van der Waals surface area contributed by atoms with Crippen molar-refractivity contribution >= 4 is 27.5 Å². The Balaban J connectivity index is 1.59. The van der Waals surface area contributed by atoms with E-state index in [1.165, 1.54) is 5.56 Å². The molecule has 0 saturated carbocycles. The number of rotatable bonds is 6. The van der Waals surface area contributed by atoms with E-state index in [9.17, 15) is 4.79 Å². The molecular formula is C21H20N2O2S. The zero-order chi connectivity index (χ0) is 17.9. The maximum absolute atomic E-state index is 13.0. The molecule has 0 atom stereocenters. The molecule has 0 spiro atoms. The Morgan fingerprint density at radius 2 is 2.00 bits per heavy atom. The first-order valence-electron chi connectivity index (χ1n) is 8.61. The number of benzene rings is 1. The van der Waals surface area contributed by atoms with Crippen molar-refractivity contribution in [3.8, 4) is 0 Å². The molecule has 3 aromatic heterocycles. The third-order valence-electron chi connectivity index (χ3n) is 4.53. The van der Waals surface area contributed by atoms with E-state index in [0.29, 0.717) is 6.54 Å². The van der Waals surface area contributed by atoms with Crippen molar-refractivity contribution in [2.45, 2.75) is 19.5 Å². The van der Waals surface area contributed by atoms with Gasteiger partial charge in [0.05, 0.1) is 23.0 Å². The van der Waals surface area contributed by atoms with E-state index < -0.39 is 0 Å². The summed E-state index contributed by atoms with van der Waals surface area (Å²) in [7, 11) is 1.81. The summed E-state index contributed by atoms with van der Waals surface area (Å²) in [4.78, 5) is 14.7. The van der Waals surface area contributed by atoms with E-state index in [4.69, 9.17) is 4.42 Å². The van der Waals surface area contributed by atoms with Gasteiger partial charge in [-0.05, 0) is 41.6 Å². The Labute approximate surface area is 156 Å². The fraction of sp³-hybridized carbons (Fsp3) is 0.190. The molecule has 0 aliphatic carbocycles. The number of amides is 1. The Kier molecular flexibility index (Phi) is 4.63. The van der Waals surface area contributed by atoms with Crippen LogP contribution in [-0.4, -0.2) is 22.4 Å². The summed E-state index contributed by atoms with van der Waals surface area (Å²) < 4.78 is 8.66. The van der Waals surface area contributed by atoms with Crippen LogP contribution in [0.3, 0.4) is 0 Å². The molecule has 132 valence electrons. The molecule has 0 fully saturated rings. The highest BCUT2D eigenvalue weighted by Gasteiger charge is 2.20. The van der Waals surface area contributed by atoms with Gasteiger partial charge in [0.25, 0.3) is 5.91 Å². The molecule has 3 heterocycles. The van der Waals surface area contributed by atoms with Crippen LogP contribution in [0.25, 0.3) is 10.2 Å². The summed E-state index contributed by atoms with van der Waals surface area (Å²) in [6.45, 7) is 1.24. The fourth-order valence-corrected chi connectivity index (χ4v) is 4.01. The van der Waals surface area contributed by atoms with Crippen LogP contribution in [-0.2, 0) is 19.5 Å². The Bertz CT molecular complexity index is 999. The minimum atomic E-state index is 0.0119. The van der Waals surface area contributed by atoms with Gasteiger partial charge in [-0.3, -0.25) is 4.79 Å². The van der Waals surface area contributed by atoms with Crippen LogP contribution in [0.15, 0.2) is 70.7 Å². The number of aromatic nitrogens is 1. The zero-order valence-electron chi connectivity index (χ0n) is 14.6. The monoisotopic (exact) mass is 364 g/mol. The second-order valence-corrected chi connectivity index (χ2v) is 7.28. The predicted octanol–water partition coefficient (Wildman–Crippen LogP) is 4.81. The van der Waals surface area contributed by atoms with Gasteiger partial charge in [-0.25, -0.2) is 0 Å². The van der Waals surface area contributed by atoms with Crippen molar-refractivity contribution in [1.82, 2.24) is 9.47 Å². The Hall–Kier alpha value is -2.79. The van der Waals surface area contributed by atoms with Gasteiger partial charge in [-0.1, -0.05) is 30.3 Å². The number of thiophene rings is 1. The smallest absolute Gasteiger partial charge is 0.270 e. The SMILES string of the molecule is CN(Cc1ccco1)C(=O)c1cc2sccc2n1CCc1ccccc1. The van der Waals surface area contributed by atoms with Gasteiger partial charge in [0, 0.05) is 13.6 Å². The zero-order valence-corrected chi connectivity index (χ0v) is 15.4. The van der Waals surface area contributed by atoms with Crippen LogP contribution in [0, 0.1) is 0 Å². The van der Waals surface area contributed by atoms with Gasteiger partial charge in [-0.15, -0.1) is 11.3 Å². The highest BCUT2D eigenvalue weighted by Crippen LogP contribution is 2.26. The van der Waals surface area contributed by atoms with E-state index >= 15 is 0 Å². The quantitative estimate of drug-likeness (QED) is 0.492. The van der Waals surface area contributed by atoms with Gasteiger partial charge in [0.2, 0.25) is 0 Å². The van der Waals surface area contributed by atoms with Crippen molar-refractivity contribution < 1.29 is 9.21 Å². The van der Waals surface area contributed by atoms with Gasteiger partial charge >= 0.3 is 0 Å². The normalized spacial score (nSPS) is 11.1. The number of carbonyl (C=O) groups excluding carboxylic acids is 1. The lowest BCUT2D eigenvalue weighted by atomic mass is 10.1. The first-order chi connectivity index (χ1) is 12.7. The van der Waals surface area contributed by atoms with E-state index in [1.807, 2.05) is 43.4 Å². The number of hydrogen-bond acceptors (Lipinski definition) is 3. The third kappa shape index (κ3) is 3.30. The maximum atomic E-state index is 13.0. The number of furan rings is 1. The van der Waals surface area contributed by atoms with Crippen LogP contribution in [0.1, 0.15) is 21.8 Å². The van der Waals surface area contributed by atoms with Gasteiger partial charge in [-0.2, -0.15) is 0 Å². The summed E-state index contributed by atoms with van der Waals surface area (Å²) >= 11 is 1.67. The van der Waals surface area contributed by atoms with Crippen LogP contribution in [0.5, 0.6) is 0 Å². The van der Waals surface area contributed by atoms with E-state index in [-0.39, 0.29) is 5.91 Å². The molecule has 4 aromatic rings. The number of nitrogens with zero attached hydrogens (tertiary/aromatic N) is 2. The molecule has 0 aliphatic rings. The van der Waals surface area contributed by atoms with E-state index in [2.05, 4.69) is 28.1 Å². The van der Waals surface area contributed by atoms with Crippen LogP contribution in [0.2, 0.25) is 0 Å². The van der Waals surface area contributed by atoms with E-state index in [0.717, 1.165) is 34.6 Å². The maximum Gasteiger partial charge on any atom is 0.270 e. The molecule has 0 radical (unpaired) electrons. The molecule has 26 heavy (non-hydrogen) atoms. The Morgan fingerprint density at radius 1 is 1.15 bits per heavy atom. The lowest BCUT2D eigenvalue weighted by Gasteiger charge is -2.17. The summed E-state index contributed by atoms with van der Waals surface area (Å²) in [5.74, 6) is 0.794. The van der Waals surface area contributed by atoms with Crippen molar-refractivity contribution in [1.29, 1.82) is 0 Å². The Morgan fingerprint density at radius 3 is 2.77 bits per heavy atom. The highest BCUT2D eigenvalue weighted by molar-refractivity contribution is 7.17. The topological polar surface area (TPSA) is 38.4 Å². The van der Waals surface area contributed by atoms with Crippen molar-refractivity contribution in [3.63, 3.8) is 0 Å². The first-order valence-corrected chi connectivity index (χ1v) is 9.49. The highest BCUT2D eigenvalue weighted by atomic mass is 32.1. The van der Waals surface area contributed by atoms with Gasteiger partial charge in [0.1, 0.15) is 11.5 Å². The molecule has 4 nitrogen and oxygen atoms in total. The van der Waals surface area contributed by atoms with Crippen molar-refractivity contribution in [2.75, 3.05) is 7.05 Å². The average molecular weight is 364 g/mol. The molecule has 1 aromatic carbocycles. The molecular weight excluding hydrogens is 344 g/mol. The molecule has 0 bridgehead atoms. The molecule has 4 rings (SSSR count). The van der Waals surface area contributed by atoms with Crippen LogP contribution < -0.4 is 0 Å². The fourth-order valence-electron chi connectivity index (χ4n) is 3.18. The number of hydrogen-bond donors (Lipinski definition) is 0. The summed E-state index contributed by atoms with van der Waals surface area (Å²) in [6, 6.07) is 18.2.